The van der Waals surface area contributed by atoms with E-state index in [1.54, 1.807) is 28.4 Å². The zero-order valence-corrected chi connectivity index (χ0v) is 41.9. The summed E-state index contributed by atoms with van der Waals surface area (Å²) >= 11 is 0. The summed E-state index contributed by atoms with van der Waals surface area (Å²) in [6.07, 6.45) is -1.13. The molecule has 0 spiro atoms. The maximum atomic E-state index is 15.1. The molecule has 12 aromatic carbocycles. The van der Waals surface area contributed by atoms with Crippen molar-refractivity contribution < 1.29 is 36.7 Å². The predicted octanol–water partition coefficient (Wildman–Crippen LogP) is 17.2. The molecule has 1 aromatic heterocycles. The average molecular weight is 975 g/mol. The number of hydrogen-bond acceptors (Lipinski definition) is 8. The lowest BCUT2D eigenvalue weighted by atomic mass is 9.90. The van der Waals surface area contributed by atoms with E-state index < -0.39 is 14.3 Å². The lowest BCUT2D eigenvalue weighted by Gasteiger charge is -2.17. The van der Waals surface area contributed by atoms with Crippen LogP contribution in [0.5, 0.6) is 23.0 Å². The van der Waals surface area contributed by atoms with E-state index in [0.717, 1.165) is 97.3 Å². The van der Waals surface area contributed by atoms with Gasteiger partial charge < -0.3 is 27.3 Å². The van der Waals surface area contributed by atoms with Crippen LogP contribution in [-0.4, -0.2) is 34.2 Å². The summed E-state index contributed by atoms with van der Waals surface area (Å²) in [6.45, 7) is 4.02. The van der Waals surface area contributed by atoms with Gasteiger partial charge in [-0.2, -0.15) is 0 Å². The number of aryl methyl sites for hydroxylation is 2. The highest BCUT2D eigenvalue weighted by molar-refractivity contribution is 7.32. The first-order chi connectivity index (χ1) is 35.7. The largest absolute Gasteiger partial charge is 0.496 e. The SMILES string of the molecule is COc1cc2c3cc(OC)c4cc(OC)c5ccc6ccc7ccccc7c6c5c4c3op(O[C@H](C(=O)c3ccc(C)cc3)c3ccc(C)cc3)oc2c2c1cc(OC)c1ccc3ccc4ccccc4c3c12. The fraction of sp³-hybridized carbons (Fsp3) is 0.109. The minimum Gasteiger partial charge on any atom is -0.496 e. The highest BCUT2D eigenvalue weighted by Crippen LogP contribution is 2.53. The van der Waals surface area contributed by atoms with Crippen molar-refractivity contribution in [3.05, 3.63) is 192 Å². The molecule has 0 aliphatic carbocycles. The molecule has 0 bridgehead atoms. The van der Waals surface area contributed by atoms with Gasteiger partial charge in [0.05, 0.1) is 28.4 Å². The number of methoxy groups -OCH3 is 4. The molecule has 1 heterocycles. The van der Waals surface area contributed by atoms with E-state index in [2.05, 4.69) is 97.1 Å². The van der Waals surface area contributed by atoms with Gasteiger partial charge in [0.15, 0.2) is 23.1 Å². The van der Waals surface area contributed by atoms with Gasteiger partial charge in [0.25, 0.3) is 0 Å². The lowest BCUT2D eigenvalue weighted by Crippen LogP contribution is -2.18. The summed E-state index contributed by atoms with van der Waals surface area (Å²) in [4.78, 5) is 15.1. The van der Waals surface area contributed by atoms with Gasteiger partial charge in [-0.25, -0.2) is 0 Å². The molecule has 0 unspecified atom stereocenters. The van der Waals surface area contributed by atoms with Gasteiger partial charge in [0, 0.05) is 59.4 Å². The van der Waals surface area contributed by atoms with E-state index in [9.17, 15) is 0 Å². The molecule has 0 fully saturated rings. The van der Waals surface area contributed by atoms with Gasteiger partial charge in [-0.05, 0) is 98.9 Å². The second-order valence-corrected chi connectivity index (χ2v) is 19.7. The molecular formula is C64H47O8P. The third-order valence-electron chi connectivity index (χ3n) is 14.6. The Morgan fingerprint density at radius 2 is 0.795 bits per heavy atom. The molecule has 73 heavy (non-hydrogen) atoms. The van der Waals surface area contributed by atoms with E-state index in [-0.39, 0.29) is 5.78 Å². The van der Waals surface area contributed by atoms with Crippen molar-refractivity contribution in [2.24, 2.45) is 0 Å². The number of hydrogen-bond donors (Lipinski definition) is 0. The average Bonchev–Trinajstić information content (AvgIpc) is 3.59. The Labute approximate surface area is 420 Å². The minimum atomic E-state index is -2.50. The Bertz CT molecular complexity index is 4270. The summed E-state index contributed by atoms with van der Waals surface area (Å²) in [5.74, 6) is 2.30. The number of carbonyl (C=O) groups is 1. The molecular weight excluding hydrogens is 928 g/mol. The Morgan fingerprint density at radius 3 is 1.26 bits per heavy atom. The van der Waals surface area contributed by atoms with Crippen molar-refractivity contribution in [3.63, 3.8) is 0 Å². The molecule has 8 nitrogen and oxygen atoms in total. The Kier molecular flexibility index (Phi) is 10.5. The molecule has 13 rings (SSSR count). The Balaban J connectivity index is 1.29. The monoisotopic (exact) mass is 974 g/mol. The molecule has 0 saturated carbocycles. The predicted molar refractivity (Wildman–Crippen MR) is 299 cm³/mol. The van der Waals surface area contributed by atoms with Crippen molar-refractivity contribution in [1.82, 2.24) is 0 Å². The van der Waals surface area contributed by atoms with Crippen molar-refractivity contribution >= 4 is 122 Å². The second kappa shape index (κ2) is 17.3. The number of ketones is 1. The van der Waals surface area contributed by atoms with E-state index in [0.29, 0.717) is 56.1 Å². The Hall–Kier alpha value is -8.55. The van der Waals surface area contributed by atoms with Gasteiger partial charge in [0.2, 0.25) is 0 Å². The van der Waals surface area contributed by atoms with Gasteiger partial charge in [-0.15, -0.1) is 0 Å². The number of benzene rings is 12. The van der Waals surface area contributed by atoms with Crippen molar-refractivity contribution in [3.8, 4) is 23.0 Å². The summed E-state index contributed by atoms with van der Waals surface area (Å²) < 4.78 is 47.6. The lowest BCUT2D eigenvalue weighted by molar-refractivity contribution is 0.0843. The molecule has 0 N–H and O–H groups in total. The van der Waals surface area contributed by atoms with Crippen LogP contribution in [0.3, 0.4) is 0 Å². The highest BCUT2D eigenvalue weighted by atomic mass is 31.1. The molecule has 356 valence electrons. The topological polar surface area (TPSA) is 89.5 Å². The van der Waals surface area contributed by atoms with Crippen molar-refractivity contribution in [2.45, 2.75) is 20.0 Å². The standard InChI is InChI=1S/C64H47O8P/c1-35-15-19-41(20-16-35)61(65)62(42-21-17-36(2)18-22-42)70-73-71-63-47(31-53(68-5)49-33-51(66-3)45-29-27-39-25-23-37-11-7-9-13-43(37)55(39)57(45)59(49)63)48-32-54(69-6)50-34-52(67-4)46-30-28-40-26-24-38-12-8-10-14-44(38)56(40)58(46)60(50)64(48)72-73/h7-34,62H,1-6H3/t62-/m0/s1. The van der Waals surface area contributed by atoms with Crippen LogP contribution in [0, 0.1) is 13.8 Å². The molecule has 0 amide bonds. The normalized spacial score (nSPS) is 12.3. The second-order valence-electron chi connectivity index (χ2n) is 18.7. The first-order valence-electron chi connectivity index (χ1n) is 24.2. The summed E-state index contributed by atoms with van der Waals surface area (Å²) in [7, 11) is 4.25. The zero-order valence-electron chi connectivity index (χ0n) is 41.0. The summed E-state index contributed by atoms with van der Waals surface area (Å²) in [6, 6.07) is 57.4. The van der Waals surface area contributed by atoms with Gasteiger partial charge in [-0.3, -0.25) is 9.32 Å². The van der Waals surface area contributed by atoms with Crippen LogP contribution in [0.1, 0.15) is 33.2 Å². The number of Topliss-reactive ketones (excluding diaryl/α,β-unsaturated/α-hetero) is 1. The highest BCUT2D eigenvalue weighted by Gasteiger charge is 2.29. The number of carbonyl (C=O) groups excluding carboxylic acids is 1. The molecule has 13 aromatic rings. The molecule has 0 saturated heterocycles. The van der Waals surface area contributed by atoms with Crippen LogP contribution >= 0.6 is 8.24 Å². The number of ether oxygens (including phenoxy) is 4. The van der Waals surface area contributed by atoms with Gasteiger partial charge in [-0.1, -0.05) is 145 Å². The third kappa shape index (κ3) is 6.97. The maximum absolute atomic E-state index is 15.1. The fourth-order valence-corrected chi connectivity index (χ4v) is 12.3. The molecule has 9 heteroatoms. The van der Waals surface area contributed by atoms with Crippen LogP contribution in [0.2, 0.25) is 0 Å². The minimum absolute atomic E-state index is 0.234. The zero-order chi connectivity index (χ0) is 49.6. The van der Waals surface area contributed by atoms with Crippen LogP contribution < -0.4 is 23.5 Å². The molecule has 0 aliphatic rings. The smallest absolute Gasteiger partial charge is 0.388 e. The number of rotatable bonds is 9. The first kappa shape index (κ1) is 44.4. The van der Waals surface area contributed by atoms with E-state index in [1.807, 2.05) is 86.6 Å². The van der Waals surface area contributed by atoms with Crippen LogP contribution in [0.25, 0.3) is 108 Å². The summed E-state index contributed by atoms with van der Waals surface area (Å²) in [5, 5.41) is 16.4. The van der Waals surface area contributed by atoms with Gasteiger partial charge in [0.1, 0.15) is 23.0 Å². The van der Waals surface area contributed by atoms with Crippen LogP contribution in [-0.2, 0) is 0 Å². The molecule has 0 radical (unpaired) electrons. The molecule has 1 atom stereocenters. The Morgan fingerprint density at radius 1 is 0.397 bits per heavy atom. The quantitative estimate of drug-likeness (QED) is 0.104. The summed E-state index contributed by atoms with van der Waals surface area (Å²) in [5.41, 5.74) is 4.23. The van der Waals surface area contributed by atoms with E-state index in [4.69, 9.17) is 31.9 Å². The van der Waals surface area contributed by atoms with E-state index in [1.165, 1.54) is 0 Å². The fourth-order valence-electron chi connectivity index (χ4n) is 11.1. The molecule has 0 aliphatic heterocycles. The maximum Gasteiger partial charge on any atom is 0.388 e. The van der Waals surface area contributed by atoms with Crippen LogP contribution in [0.4, 0.5) is 0 Å². The third-order valence-corrected chi connectivity index (χ3v) is 15.7. The first-order valence-corrected chi connectivity index (χ1v) is 25.3. The van der Waals surface area contributed by atoms with Crippen molar-refractivity contribution in [2.75, 3.05) is 28.4 Å². The van der Waals surface area contributed by atoms with Gasteiger partial charge >= 0.3 is 8.24 Å². The number of fused-ring (bicyclic) bond motifs is 19. The van der Waals surface area contributed by atoms with Crippen molar-refractivity contribution in [1.29, 1.82) is 0 Å². The van der Waals surface area contributed by atoms with Crippen LogP contribution in [0.15, 0.2) is 178 Å². The van der Waals surface area contributed by atoms with E-state index >= 15 is 4.79 Å².